The smallest absolute Gasteiger partial charge is 0.339 e. The molecular weight excluding hydrogens is 440 g/mol. The molecule has 2 amide bonds. The Morgan fingerprint density at radius 2 is 1.82 bits per heavy atom. The SMILES string of the molecule is CCOC(=O)c1ccc(C(=O)Nc2nc(-c3ccc(CCCNC(C)=O)cc3)cs2)nc1C. The highest BCUT2D eigenvalue weighted by molar-refractivity contribution is 7.14. The molecule has 0 unspecified atom stereocenters. The topological polar surface area (TPSA) is 110 Å². The molecule has 3 rings (SSSR count). The Bertz CT molecular complexity index is 1140. The Hall–Kier alpha value is -3.59. The highest BCUT2D eigenvalue weighted by atomic mass is 32.1. The maximum absolute atomic E-state index is 12.6. The van der Waals surface area contributed by atoms with Gasteiger partial charge >= 0.3 is 5.97 Å². The minimum Gasteiger partial charge on any atom is -0.462 e. The second kappa shape index (κ2) is 11.3. The number of pyridine rings is 1. The molecule has 0 bridgehead atoms. The van der Waals surface area contributed by atoms with Crippen LogP contribution >= 0.6 is 11.3 Å². The summed E-state index contributed by atoms with van der Waals surface area (Å²) >= 11 is 1.32. The maximum atomic E-state index is 12.6. The first kappa shape index (κ1) is 24.1. The van der Waals surface area contributed by atoms with E-state index in [-0.39, 0.29) is 18.2 Å². The van der Waals surface area contributed by atoms with Crippen molar-refractivity contribution >= 4 is 34.3 Å². The van der Waals surface area contributed by atoms with Crippen LogP contribution in [0.15, 0.2) is 41.8 Å². The molecule has 1 aromatic carbocycles. The lowest BCUT2D eigenvalue weighted by Crippen LogP contribution is -2.21. The second-order valence-electron chi connectivity index (χ2n) is 7.33. The lowest BCUT2D eigenvalue weighted by molar-refractivity contribution is -0.118. The summed E-state index contributed by atoms with van der Waals surface area (Å²) in [5.41, 5.74) is 3.86. The summed E-state index contributed by atoms with van der Waals surface area (Å²) in [7, 11) is 0. The fourth-order valence-corrected chi connectivity index (χ4v) is 3.85. The van der Waals surface area contributed by atoms with Crippen molar-refractivity contribution in [2.24, 2.45) is 0 Å². The number of nitrogens with zero attached hydrogens (tertiary/aromatic N) is 2. The van der Waals surface area contributed by atoms with Crippen LogP contribution in [-0.2, 0) is 16.0 Å². The molecule has 2 N–H and O–H groups in total. The molecule has 0 aliphatic carbocycles. The highest BCUT2D eigenvalue weighted by Crippen LogP contribution is 2.25. The van der Waals surface area contributed by atoms with E-state index in [0.717, 1.165) is 24.1 Å². The lowest BCUT2D eigenvalue weighted by atomic mass is 10.1. The molecule has 0 fully saturated rings. The van der Waals surface area contributed by atoms with Gasteiger partial charge in [0.25, 0.3) is 5.91 Å². The standard InChI is InChI=1S/C24H26N4O4S/c1-4-32-23(31)19-11-12-20(26-15(19)2)22(30)28-24-27-21(14-33-24)18-9-7-17(8-10-18)6-5-13-25-16(3)29/h7-12,14H,4-6,13H2,1-3H3,(H,25,29)(H,27,28,30). The van der Waals surface area contributed by atoms with Crippen LogP contribution in [-0.4, -0.2) is 40.9 Å². The van der Waals surface area contributed by atoms with E-state index in [1.807, 2.05) is 29.6 Å². The van der Waals surface area contributed by atoms with Crippen molar-refractivity contribution in [1.29, 1.82) is 0 Å². The van der Waals surface area contributed by atoms with Crippen molar-refractivity contribution in [3.63, 3.8) is 0 Å². The molecule has 0 radical (unpaired) electrons. The van der Waals surface area contributed by atoms with Crippen molar-refractivity contribution in [2.45, 2.75) is 33.6 Å². The minimum absolute atomic E-state index is 0.0172. The quantitative estimate of drug-likeness (QED) is 0.364. The van der Waals surface area contributed by atoms with Crippen LogP contribution in [0.3, 0.4) is 0 Å². The predicted octanol–water partition coefficient (Wildman–Crippen LogP) is 4.01. The molecule has 9 heteroatoms. The van der Waals surface area contributed by atoms with E-state index in [2.05, 4.69) is 20.6 Å². The summed E-state index contributed by atoms with van der Waals surface area (Å²) in [6.45, 7) is 5.84. The van der Waals surface area contributed by atoms with Gasteiger partial charge in [0, 0.05) is 24.4 Å². The first-order chi connectivity index (χ1) is 15.9. The fourth-order valence-electron chi connectivity index (χ4n) is 3.14. The van der Waals surface area contributed by atoms with E-state index in [0.29, 0.717) is 22.9 Å². The predicted molar refractivity (Wildman–Crippen MR) is 127 cm³/mol. The largest absolute Gasteiger partial charge is 0.462 e. The molecule has 172 valence electrons. The molecule has 0 spiro atoms. The first-order valence-electron chi connectivity index (χ1n) is 10.6. The van der Waals surface area contributed by atoms with Gasteiger partial charge < -0.3 is 10.1 Å². The molecule has 0 atom stereocenters. The minimum atomic E-state index is -0.460. The number of nitrogens with one attached hydrogen (secondary N) is 2. The van der Waals surface area contributed by atoms with Gasteiger partial charge in [-0.1, -0.05) is 24.3 Å². The number of aromatic nitrogens is 2. The molecular formula is C24H26N4O4S. The number of aryl methyl sites for hydroxylation is 2. The number of thiazole rings is 1. The molecule has 2 heterocycles. The van der Waals surface area contributed by atoms with E-state index in [1.54, 1.807) is 19.9 Å². The van der Waals surface area contributed by atoms with Gasteiger partial charge in [-0.2, -0.15) is 0 Å². The summed E-state index contributed by atoms with van der Waals surface area (Å²) in [6, 6.07) is 11.1. The number of anilines is 1. The number of hydrogen-bond acceptors (Lipinski definition) is 7. The van der Waals surface area contributed by atoms with Crippen LogP contribution in [0.2, 0.25) is 0 Å². The number of carbonyl (C=O) groups excluding carboxylic acids is 3. The number of rotatable bonds is 9. The third-order valence-corrected chi connectivity index (χ3v) is 5.56. The average molecular weight is 467 g/mol. The van der Waals surface area contributed by atoms with Crippen LogP contribution < -0.4 is 10.6 Å². The molecule has 3 aromatic rings. The van der Waals surface area contributed by atoms with Crippen LogP contribution in [0.1, 0.15) is 52.4 Å². The van der Waals surface area contributed by atoms with Crippen LogP contribution in [0.4, 0.5) is 5.13 Å². The van der Waals surface area contributed by atoms with Gasteiger partial charge in [0.05, 0.1) is 23.6 Å². The maximum Gasteiger partial charge on any atom is 0.339 e. The van der Waals surface area contributed by atoms with Gasteiger partial charge in [0.15, 0.2) is 5.13 Å². The number of carbonyl (C=O) groups is 3. The van der Waals surface area contributed by atoms with Crippen molar-refractivity contribution in [3.05, 3.63) is 64.3 Å². The van der Waals surface area contributed by atoms with Crippen LogP contribution in [0.5, 0.6) is 0 Å². The molecule has 0 saturated heterocycles. The van der Waals surface area contributed by atoms with Gasteiger partial charge in [0.2, 0.25) is 5.91 Å². The van der Waals surface area contributed by atoms with E-state index in [4.69, 9.17) is 4.74 Å². The molecule has 33 heavy (non-hydrogen) atoms. The van der Waals surface area contributed by atoms with E-state index in [9.17, 15) is 14.4 Å². The number of esters is 1. The van der Waals surface area contributed by atoms with Gasteiger partial charge in [0.1, 0.15) is 5.69 Å². The number of amides is 2. The fraction of sp³-hybridized carbons (Fsp3) is 0.292. The molecule has 0 aliphatic rings. The summed E-state index contributed by atoms with van der Waals surface area (Å²) in [4.78, 5) is 44.1. The molecule has 0 aliphatic heterocycles. The van der Waals surface area contributed by atoms with Crippen molar-refractivity contribution < 1.29 is 19.1 Å². The first-order valence-corrected chi connectivity index (χ1v) is 11.5. The van der Waals surface area contributed by atoms with Gasteiger partial charge in [-0.15, -0.1) is 11.3 Å². The monoisotopic (exact) mass is 466 g/mol. The lowest BCUT2D eigenvalue weighted by Gasteiger charge is -2.07. The number of benzene rings is 1. The zero-order valence-electron chi connectivity index (χ0n) is 18.8. The van der Waals surface area contributed by atoms with Crippen molar-refractivity contribution in [3.8, 4) is 11.3 Å². The third kappa shape index (κ3) is 6.69. The Morgan fingerprint density at radius 3 is 2.48 bits per heavy atom. The third-order valence-electron chi connectivity index (χ3n) is 4.80. The Labute approximate surface area is 196 Å². The van der Waals surface area contributed by atoms with Gasteiger partial charge in [-0.3, -0.25) is 14.9 Å². The van der Waals surface area contributed by atoms with Crippen LogP contribution in [0, 0.1) is 6.92 Å². The zero-order chi connectivity index (χ0) is 23.8. The zero-order valence-corrected chi connectivity index (χ0v) is 19.6. The molecule has 0 saturated carbocycles. The molecule has 8 nitrogen and oxygen atoms in total. The van der Waals surface area contributed by atoms with Crippen molar-refractivity contribution in [2.75, 3.05) is 18.5 Å². The van der Waals surface area contributed by atoms with Crippen LogP contribution in [0.25, 0.3) is 11.3 Å². The Balaban J connectivity index is 1.60. The summed E-state index contributed by atoms with van der Waals surface area (Å²) < 4.78 is 4.99. The summed E-state index contributed by atoms with van der Waals surface area (Å²) in [5, 5.41) is 7.89. The Kier molecular flexibility index (Phi) is 8.26. The molecule has 2 aromatic heterocycles. The average Bonchev–Trinajstić information content (AvgIpc) is 3.25. The summed E-state index contributed by atoms with van der Waals surface area (Å²) in [5.74, 6) is -0.877. The van der Waals surface area contributed by atoms with E-state index < -0.39 is 11.9 Å². The number of hydrogen-bond donors (Lipinski definition) is 2. The second-order valence-corrected chi connectivity index (χ2v) is 8.18. The van der Waals surface area contributed by atoms with Gasteiger partial charge in [-0.05, 0) is 44.4 Å². The summed E-state index contributed by atoms with van der Waals surface area (Å²) in [6.07, 6.45) is 1.75. The van der Waals surface area contributed by atoms with E-state index >= 15 is 0 Å². The van der Waals surface area contributed by atoms with Gasteiger partial charge in [-0.25, -0.2) is 14.8 Å². The Morgan fingerprint density at radius 1 is 1.06 bits per heavy atom. The van der Waals surface area contributed by atoms with E-state index in [1.165, 1.54) is 29.9 Å². The highest BCUT2D eigenvalue weighted by Gasteiger charge is 2.16. The van der Waals surface area contributed by atoms with Crippen molar-refractivity contribution in [1.82, 2.24) is 15.3 Å². The number of ether oxygens (including phenoxy) is 1. The normalized spacial score (nSPS) is 10.5.